The van der Waals surface area contributed by atoms with Gasteiger partial charge in [0.05, 0.1) is 10.8 Å². The van der Waals surface area contributed by atoms with Crippen LogP contribution in [0.2, 0.25) is 0 Å². The fourth-order valence-electron chi connectivity index (χ4n) is 1.49. The number of hydrogen-bond acceptors (Lipinski definition) is 4. The molecule has 0 aliphatic heterocycles. The van der Waals surface area contributed by atoms with Gasteiger partial charge in [-0.25, -0.2) is 8.78 Å². The van der Waals surface area contributed by atoms with Gasteiger partial charge in [0.1, 0.15) is 0 Å². The summed E-state index contributed by atoms with van der Waals surface area (Å²) < 4.78 is 26.5. The maximum atomic E-state index is 13.5. The van der Waals surface area contributed by atoms with E-state index < -0.39 is 39.8 Å². The number of carboxylic acids is 1. The van der Waals surface area contributed by atoms with E-state index in [1.54, 1.807) is 6.92 Å². The van der Waals surface area contributed by atoms with E-state index in [0.717, 1.165) is 6.07 Å². The van der Waals surface area contributed by atoms with Crippen LogP contribution in [0.5, 0.6) is 0 Å². The summed E-state index contributed by atoms with van der Waals surface area (Å²) in [6.45, 7) is 1.38. The monoisotopic (exact) mass is 274 g/mol. The summed E-state index contributed by atoms with van der Waals surface area (Å²) in [6, 6.07) is 1.47. The molecular formula is C11H12F2N2O4. The summed E-state index contributed by atoms with van der Waals surface area (Å²) in [5, 5.41) is 21.8. The molecule has 0 bridgehead atoms. The van der Waals surface area contributed by atoms with Crippen LogP contribution >= 0.6 is 0 Å². The topological polar surface area (TPSA) is 92.5 Å². The Hall–Kier alpha value is -2.25. The second-order valence-electron chi connectivity index (χ2n) is 3.84. The van der Waals surface area contributed by atoms with Crippen LogP contribution in [0.25, 0.3) is 0 Å². The quantitative estimate of drug-likeness (QED) is 0.613. The van der Waals surface area contributed by atoms with Crippen molar-refractivity contribution in [3.05, 3.63) is 33.9 Å². The number of nitro groups is 1. The van der Waals surface area contributed by atoms with Crippen LogP contribution < -0.4 is 5.32 Å². The predicted octanol–water partition coefficient (Wildman–Crippen LogP) is 2.40. The van der Waals surface area contributed by atoms with E-state index in [0.29, 0.717) is 6.07 Å². The van der Waals surface area contributed by atoms with Crippen LogP contribution in [0.3, 0.4) is 0 Å². The molecule has 0 saturated carbocycles. The number of nitro benzene ring substituents is 1. The molecule has 6 nitrogen and oxygen atoms in total. The van der Waals surface area contributed by atoms with Crippen LogP contribution in [0, 0.1) is 27.7 Å². The van der Waals surface area contributed by atoms with Gasteiger partial charge in [-0.1, -0.05) is 6.92 Å². The van der Waals surface area contributed by atoms with Crippen LogP contribution in [-0.4, -0.2) is 22.5 Å². The first kappa shape index (κ1) is 14.8. The summed E-state index contributed by atoms with van der Waals surface area (Å²) in [5.41, 5.74) is -1.27. The number of nitrogens with zero attached hydrogens (tertiary/aromatic N) is 1. The predicted molar refractivity (Wildman–Crippen MR) is 62.9 cm³/mol. The molecule has 8 heteroatoms. The lowest BCUT2D eigenvalue weighted by Crippen LogP contribution is -2.23. The zero-order chi connectivity index (χ0) is 14.6. The molecule has 1 aromatic carbocycles. The third-order valence-electron chi connectivity index (χ3n) is 2.64. The van der Waals surface area contributed by atoms with Crippen molar-refractivity contribution in [2.45, 2.75) is 13.3 Å². The van der Waals surface area contributed by atoms with Crippen molar-refractivity contribution < 1.29 is 23.6 Å². The number of carbonyl (C=O) groups is 1. The highest BCUT2D eigenvalue weighted by Gasteiger charge is 2.23. The van der Waals surface area contributed by atoms with Gasteiger partial charge < -0.3 is 10.4 Å². The Morgan fingerprint density at radius 3 is 2.63 bits per heavy atom. The lowest BCUT2D eigenvalue weighted by molar-refractivity contribution is -0.384. The molecule has 0 heterocycles. The van der Waals surface area contributed by atoms with E-state index in [-0.39, 0.29) is 13.0 Å². The molecule has 1 atom stereocenters. The second-order valence-corrected chi connectivity index (χ2v) is 3.84. The molecule has 1 rings (SSSR count). The van der Waals surface area contributed by atoms with Gasteiger partial charge in [-0.2, -0.15) is 0 Å². The molecule has 2 N–H and O–H groups in total. The van der Waals surface area contributed by atoms with Crippen molar-refractivity contribution in [3.8, 4) is 0 Å². The van der Waals surface area contributed by atoms with Crippen molar-refractivity contribution in [1.29, 1.82) is 0 Å². The van der Waals surface area contributed by atoms with Crippen LogP contribution in [0.4, 0.5) is 20.2 Å². The summed E-state index contributed by atoms with van der Waals surface area (Å²) in [4.78, 5) is 20.6. The lowest BCUT2D eigenvalue weighted by Gasteiger charge is -2.13. The molecule has 0 saturated heterocycles. The average Bonchev–Trinajstić information content (AvgIpc) is 2.34. The normalized spacial score (nSPS) is 11.9. The Labute approximate surface area is 107 Å². The molecule has 19 heavy (non-hydrogen) atoms. The number of anilines is 1. The highest BCUT2D eigenvalue weighted by molar-refractivity contribution is 5.71. The van der Waals surface area contributed by atoms with Crippen molar-refractivity contribution in [3.63, 3.8) is 0 Å². The molecular weight excluding hydrogens is 262 g/mol. The SMILES string of the molecule is CCC(CNc1c([N+](=O)[O-])ccc(F)c1F)C(=O)O. The lowest BCUT2D eigenvalue weighted by atomic mass is 10.1. The fourth-order valence-corrected chi connectivity index (χ4v) is 1.49. The number of rotatable bonds is 6. The minimum absolute atomic E-state index is 0.229. The number of aliphatic carboxylic acids is 1. The van der Waals surface area contributed by atoms with Crippen LogP contribution in [0.15, 0.2) is 12.1 Å². The van der Waals surface area contributed by atoms with Gasteiger partial charge in [0.25, 0.3) is 5.69 Å². The molecule has 0 aliphatic rings. The summed E-state index contributed by atoms with van der Waals surface area (Å²) in [6.07, 6.45) is 0.257. The molecule has 104 valence electrons. The standard InChI is InChI=1S/C11H12F2N2O4/c1-2-6(11(16)17)5-14-10-8(15(18)19)4-3-7(12)9(10)13/h3-4,6,14H,2,5H2,1H3,(H,16,17). The number of hydrogen-bond donors (Lipinski definition) is 2. The van der Waals surface area contributed by atoms with Gasteiger partial charge in [-0.15, -0.1) is 0 Å². The zero-order valence-electron chi connectivity index (χ0n) is 10.0. The summed E-state index contributed by atoms with van der Waals surface area (Å²) in [5.74, 6) is -4.59. The first-order chi connectivity index (χ1) is 8.88. The number of halogens is 2. The molecule has 0 fully saturated rings. The molecule has 0 radical (unpaired) electrons. The summed E-state index contributed by atoms with van der Waals surface area (Å²) in [7, 11) is 0. The Balaban J connectivity index is 3.02. The van der Waals surface area contributed by atoms with E-state index >= 15 is 0 Å². The molecule has 0 amide bonds. The van der Waals surface area contributed by atoms with E-state index in [9.17, 15) is 23.7 Å². The first-order valence-electron chi connectivity index (χ1n) is 5.47. The Bertz CT molecular complexity index is 508. The largest absolute Gasteiger partial charge is 0.481 e. The van der Waals surface area contributed by atoms with Crippen molar-refractivity contribution in [2.24, 2.45) is 5.92 Å². The van der Waals surface area contributed by atoms with Crippen molar-refractivity contribution in [1.82, 2.24) is 0 Å². The summed E-state index contributed by atoms with van der Waals surface area (Å²) >= 11 is 0. The fraction of sp³-hybridized carbons (Fsp3) is 0.364. The minimum atomic E-state index is -1.39. The maximum Gasteiger partial charge on any atom is 0.308 e. The van der Waals surface area contributed by atoms with Crippen molar-refractivity contribution in [2.75, 3.05) is 11.9 Å². The Morgan fingerprint density at radius 1 is 1.53 bits per heavy atom. The molecule has 0 aliphatic carbocycles. The number of nitrogens with one attached hydrogen (secondary N) is 1. The van der Waals surface area contributed by atoms with E-state index in [1.165, 1.54) is 0 Å². The Morgan fingerprint density at radius 2 is 2.16 bits per heavy atom. The third-order valence-corrected chi connectivity index (χ3v) is 2.64. The van der Waals surface area contributed by atoms with Gasteiger partial charge in [-0.05, 0) is 12.5 Å². The average molecular weight is 274 g/mol. The van der Waals surface area contributed by atoms with E-state index in [4.69, 9.17) is 5.11 Å². The third kappa shape index (κ3) is 3.36. The van der Waals surface area contributed by atoms with Gasteiger partial charge in [0.2, 0.25) is 0 Å². The number of benzene rings is 1. The van der Waals surface area contributed by atoms with Gasteiger partial charge >= 0.3 is 5.97 Å². The maximum absolute atomic E-state index is 13.5. The molecule has 0 spiro atoms. The second kappa shape index (κ2) is 6.07. The van der Waals surface area contributed by atoms with Crippen molar-refractivity contribution >= 4 is 17.3 Å². The number of carboxylic acid groups (broad SMARTS) is 1. The van der Waals surface area contributed by atoms with Gasteiger partial charge in [0.15, 0.2) is 17.3 Å². The van der Waals surface area contributed by atoms with Crippen LogP contribution in [0.1, 0.15) is 13.3 Å². The van der Waals surface area contributed by atoms with Crippen LogP contribution in [-0.2, 0) is 4.79 Å². The first-order valence-corrected chi connectivity index (χ1v) is 5.47. The smallest absolute Gasteiger partial charge is 0.308 e. The highest BCUT2D eigenvalue weighted by Crippen LogP contribution is 2.29. The molecule has 1 aromatic rings. The Kier molecular flexibility index (Phi) is 4.74. The van der Waals surface area contributed by atoms with E-state index in [1.807, 2.05) is 0 Å². The molecule has 0 aromatic heterocycles. The van der Waals surface area contributed by atoms with Gasteiger partial charge in [0, 0.05) is 12.6 Å². The minimum Gasteiger partial charge on any atom is -0.481 e. The van der Waals surface area contributed by atoms with E-state index in [2.05, 4.69) is 5.32 Å². The zero-order valence-corrected chi connectivity index (χ0v) is 10.0. The highest BCUT2D eigenvalue weighted by atomic mass is 19.2. The van der Waals surface area contributed by atoms with Gasteiger partial charge in [-0.3, -0.25) is 14.9 Å². The molecule has 1 unspecified atom stereocenters.